The molecule has 1 aromatic heterocycles. The molecule has 1 heterocycles. The van der Waals surface area contributed by atoms with Crippen LogP contribution in [0.3, 0.4) is 0 Å². The van der Waals surface area contributed by atoms with Gasteiger partial charge in [0.1, 0.15) is 5.01 Å². The molecule has 1 N–H and O–H groups in total. The van der Waals surface area contributed by atoms with Gasteiger partial charge in [-0.15, -0.1) is 11.3 Å². The van der Waals surface area contributed by atoms with Gasteiger partial charge in [-0.2, -0.15) is 0 Å². The molecule has 0 amide bonds. The molecule has 0 spiro atoms. The Bertz CT molecular complexity index is 234. The second-order valence-electron chi connectivity index (χ2n) is 3.60. The monoisotopic (exact) mass is 200 g/mol. The maximum Gasteiger partial charge on any atom is 0.106 e. The molecule has 0 saturated heterocycles. The van der Waals surface area contributed by atoms with Gasteiger partial charge in [0.25, 0.3) is 0 Å². The van der Waals surface area contributed by atoms with Crippen LogP contribution in [0.4, 0.5) is 0 Å². The summed E-state index contributed by atoms with van der Waals surface area (Å²) in [4.78, 5) is 4.19. The third-order valence-corrected chi connectivity index (χ3v) is 2.49. The molecule has 74 valence electrons. The Hall–Kier alpha value is -0.450. The van der Waals surface area contributed by atoms with Gasteiger partial charge < -0.3 is 10.1 Å². The molecule has 0 saturated carbocycles. The number of hydrogen-bond acceptors (Lipinski definition) is 4. The Morgan fingerprint density at radius 1 is 1.62 bits per heavy atom. The fourth-order valence-electron chi connectivity index (χ4n) is 1.07. The Morgan fingerprint density at radius 3 is 2.92 bits per heavy atom. The third-order valence-electron chi connectivity index (χ3n) is 1.71. The van der Waals surface area contributed by atoms with Gasteiger partial charge in [0.05, 0.1) is 6.61 Å². The summed E-state index contributed by atoms with van der Waals surface area (Å²) in [6.45, 7) is 5.75. The zero-order chi connectivity index (χ0) is 9.73. The summed E-state index contributed by atoms with van der Waals surface area (Å²) >= 11 is 1.67. The van der Waals surface area contributed by atoms with Gasteiger partial charge in [0.15, 0.2) is 0 Å². The van der Waals surface area contributed by atoms with Crippen LogP contribution in [0.5, 0.6) is 0 Å². The number of ether oxygens (including phenoxy) is 1. The number of methoxy groups -OCH3 is 1. The van der Waals surface area contributed by atoms with E-state index in [0.717, 1.165) is 11.6 Å². The minimum atomic E-state index is 0.0143. The van der Waals surface area contributed by atoms with E-state index in [0.29, 0.717) is 6.61 Å². The minimum absolute atomic E-state index is 0.0143. The highest BCUT2D eigenvalue weighted by molar-refractivity contribution is 7.09. The molecule has 1 rings (SSSR count). The van der Waals surface area contributed by atoms with E-state index in [9.17, 15) is 0 Å². The highest BCUT2D eigenvalue weighted by atomic mass is 32.1. The van der Waals surface area contributed by atoms with Crippen LogP contribution in [0.2, 0.25) is 0 Å². The third kappa shape index (κ3) is 3.85. The van der Waals surface area contributed by atoms with Gasteiger partial charge in [-0.3, -0.25) is 0 Å². The zero-order valence-corrected chi connectivity index (χ0v) is 9.15. The number of rotatable bonds is 5. The molecule has 0 unspecified atom stereocenters. The standard InChI is InChI=1S/C9H16N2OS/c1-9(2,7-12-3)11-6-8-10-4-5-13-8/h4-5,11H,6-7H2,1-3H3. The number of thiazole rings is 1. The minimum Gasteiger partial charge on any atom is -0.383 e. The van der Waals surface area contributed by atoms with Crippen molar-refractivity contribution in [3.05, 3.63) is 16.6 Å². The van der Waals surface area contributed by atoms with Crippen molar-refractivity contribution in [2.24, 2.45) is 0 Å². The van der Waals surface area contributed by atoms with Crippen molar-refractivity contribution in [1.82, 2.24) is 10.3 Å². The van der Waals surface area contributed by atoms with Crippen molar-refractivity contribution in [1.29, 1.82) is 0 Å². The SMILES string of the molecule is COCC(C)(C)NCc1nccs1. The van der Waals surface area contributed by atoms with Crippen molar-refractivity contribution >= 4 is 11.3 Å². The molecule has 0 aromatic carbocycles. The van der Waals surface area contributed by atoms with E-state index in [1.807, 2.05) is 11.6 Å². The quantitative estimate of drug-likeness (QED) is 0.785. The van der Waals surface area contributed by atoms with Crippen LogP contribution in [0, 0.1) is 0 Å². The molecule has 0 bridgehead atoms. The van der Waals surface area contributed by atoms with Gasteiger partial charge in [0.2, 0.25) is 0 Å². The lowest BCUT2D eigenvalue weighted by Crippen LogP contribution is -2.42. The van der Waals surface area contributed by atoms with E-state index >= 15 is 0 Å². The van der Waals surface area contributed by atoms with Gasteiger partial charge in [0, 0.05) is 30.8 Å². The van der Waals surface area contributed by atoms with Crippen molar-refractivity contribution in [3.8, 4) is 0 Å². The molecule has 0 aliphatic rings. The predicted octanol–water partition coefficient (Wildman–Crippen LogP) is 1.66. The van der Waals surface area contributed by atoms with E-state index in [2.05, 4.69) is 24.1 Å². The van der Waals surface area contributed by atoms with Crippen LogP contribution in [-0.4, -0.2) is 24.2 Å². The highest BCUT2D eigenvalue weighted by Gasteiger charge is 2.16. The summed E-state index contributed by atoms with van der Waals surface area (Å²) in [5, 5.41) is 6.49. The maximum absolute atomic E-state index is 5.10. The van der Waals surface area contributed by atoms with E-state index in [1.54, 1.807) is 18.4 Å². The largest absolute Gasteiger partial charge is 0.383 e. The van der Waals surface area contributed by atoms with Crippen LogP contribution in [0.15, 0.2) is 11.6 Å². The summed E-state index contributed by atoms with van der Waals surface area (Å²) < 4.78 is 5.10. The molecule has 13 heavy (non-hydrogen) atoms. The van der Waals surface area contributed by atoms with E-state index < -0.39 is 0 Å². The molecule has 4 heteroatoms. The molecule has 0 radical (unpaired) electrons. The first-order chi connectivity index (χ1) is 6.14. The summed E-state index contributed by atoms with van der Waals surface area (Å²) in [6, 6.07) is 0. The Labute approximate surface area is 83.1 Å². The maximum atomic E-state index is 5.10. The fraction of sp³-hybridized carbons (Fsp3) is 0.667. The van der Waals surface area contributed by atoms with Crippen molar-refractivity contribution in [2.75, 3.05) is 13.7 Å². The van der Waals surface area contributed by atoms with Crippen LogP contribution in [-0.2, 0) is 11.3 Å². The van der Waals surface area contributed by atoms with Gasteiger partial charge >= 0.3 is 0 Å². The van der Waals surface area contributed by atoms with Crippen LogP contribution >= 0.6 is 11.3 Å². The summed E-state index contributed by atoms with van der Waals surface area (Å²) in [6.07, 6.45) is 1.82. The molecule has 0 aliphatic heterocycles. The zero-order valence-electron chi connectivity index (χ0n) is 8.33. The second kappa shape index (κ2) is 4.69. The number of nitrogens with zero attached hydrogens (tertiary/aromatic N) is 1. The Kier molecular flexibility index (Phi) is 3.84. The number of aromatic nitrogens is 1. The van der Waals surface area contributed by atoms with Crippen LogP contribution < -0.4 is 5.32 Å². The first kappa shape index (κ1) is 10.6. The second-order valence-corrected chi connectivity index (χ2v) is 4.58. The average molecular weight is 200 g/mol. The summed E-state index contributed by atoms with van der Waals surface area (Å²) in [7, 11) is 1.72. The molecule has 0 atom stereocenters. The van der Waals surface area contributed by atoms with Crippen LogP contribution in [0.1, 0.15) is 18.9 Å². The first-order valence-corrected chi connectivity index (χ1v) is 5.14. The number of nitrogens with one attached hydrogen (secondary N) is 1. The smallest absolute Gasteiger partial charge is 0.106 e. The molecule has 3 nitrogen and oxygen atoms in total. The van der Waals surface area contributed by atoms with Gasteiger partial charge in [-0.05, 0) is 13.8 Å². The normalized spacial score (nSPS) is 11.9. The van der Waals surface area contributed by atoms with Gasteiger partial charge in [-0.25, -0.2) is 4.98 Å². The van der Waals surface area contributed by atoms with Crippen molar-refractivity contribution in [2.45, 2.75) is 25.9 Å². The molecule has 0 aliphatic carbocycles. The highest BCUT2D eigenvalue weighted by Crippen LogP contribution is 2.07. The Balaban J connectivity index is 2.33. The van der Waals surface area contributed by atoms with E-state index in [-0.39, 0.29) is 5.54 Å². The lowest BCUT2D eigenvalue weighted by atomic mass is 10.1. The molecule has 0 fully saturated rings. The van der Waals surface area contributed by atoms with E-state index in [4.69, 9.17) is 4.74 Å². The predicted molar refractivity (Wildman–Crippen MR) is 54.9 cm³/mol. The lowest BCUT2D eigenvalue weighted by Gasteiger charge is -2.24. The van der Waals surface area contributed by atoms with Crippen molar-refractivity contribution < 1.29 is 4.74 Å². The average Bonchev–Trinajstić information content (AvgIpc) is 2.52. The molecular weight excluding hydrogens is 184 g/mol. The first-order valence-electron chi connectivity index (χ1n) is 4.26. The van der Waals surface area contributed by atoms with Crippen molar-refractivity contribution in [3.63, 3.8) is 0 Å². The Morgan fingerprint density at radius 2 is 2.38 bits per heavy atom. The molecule has 1 aromatic rings. The summed E-state index contributed by atoms with van der Waals surface area (Å²) in [5.41, 5.74) is 0.0143. The van der Waals surface area contributed by atoms with Crippen LogP contribution in [0.25, 0.3) is 0 Å². The summed E-state index contributed by atoms with van der Waals surface area (Å²) in [5.74, 6) is 0. The number of hydrogen-bond donors (Lipinski definition) is 1. The fourth-order valence-corrected chi connectivity index (χ4v) is 1.62. The molecular formula is C9H16N2OS. The van der Waals surface area contributed by atoms with Gasteiger partial charge in [-0.1, -0.05) is 0 Å². The van der Waals surface area contributed by atoms with E-state index in [1.165, 1.54) is 0 Å². The lowest BCUT2D eigenvalue weighted by molar-refractivity contribution is 0.127. The topological polar surface area (TPSA) is 34.1 Å².